The molecule has 0 aromatic heterocycles. The Morgan fingerprint density at radius 3 is 2.85 bits per heavy atom. The smallest absolute Gasteiger partial charge is 0.259 e. The lowest BCUT2D eigenvalue weighted by Crippen LogP contribution is -2.38. The van der Waals surface area contributed by atoms with Crippen molar-refractivity contribution >= 4 is 5.91 Å². The summed E-state index contributed by atoms with van der Waals surface area (Å²) in [5.41, 5.74) is -0.421. The van der Waals surface area contributed by atoms with E-state index in [-0.39, 0.29) is 12.5 Å². The highest BCUT2D eigenvalue weighted by molar-refractivity contribution is 5.94. The molecule has 1 aliphatic carbocycles. The average molecular weight is 281 g/mol. The Hall–Kier alpha value is -1.65. The third kappa shape index (κ3) is 1.72. The molecule has 2 aliphatic rings. The second-order valence-corrected chi connectivity index (χ2v) is 5.83. The second kappa shape index (κ2) is 4.17. The van der Waals surface area contributed by atoms with Gasteiger partial charge >= 0.3 is 0 Å². The Bertz CT molecular complexity index is 561. The van der Waals surface area contributed by atoms with E-state index >= 15 is 0 Å². The molecule has 1 saturated carbocycles. The van der Waals surface area contributed by atoms with Crippen molar-refractivity contribution in [2.24, 2.45) is 11.3 Å². The fourth-order valence-corrected chi connectivity index (χ4v) is 3.13. The predicted octanol–water partition coefficient (Wildman–Crippen LogP) is 2.81. The van der Waals surface area contributed by atoms with Crippen molar-refractivity contribution in [2.75, 3.05) is 20.2 Å². The lowest BCUT2D eigenvalue weighted by molar-refractivity contribution is 0.0635. The maximum Gasteiger partial charge on any atom is 0.259 e. The quantitative estimate of drug-likeness (QED) is 0.834. The Morgan fingerprint density at radius 2 is 2.20 bits per heavy atom. The number of piperidine rings is 1. The molecule has 2 atom stereocenters. The molecule has 2 fully saturated rings. The zero-order valence-corrected chi connectivity index (χ0v) is 11.5. The van der Waals surface area contributed by atoms with Gasteiger partial charge in [-0.3, -0.25) is 4.79 Å². The van der Waals surface area contributed by atoms with Gasteiger partial charge in [0.1, 0.15) is 5.75 Å². The van der Waals surface area contributed by atoms with Crippen LogP contribution in [0.4, 0.5) is 8.78 Å². The number of likely N-dealkylation sites (tertiary alicyclic amines) is 1. The van der Waals surface area contributed by atoms with E-state index in [0.717, 1.165) is 0 Å². The van der Waals surface area contributed by atoms with Gasteiger partial charge in [0.2, 0.25) is 0 Å². The van der Waals surface area contributed by atoms with E-state index in [9.17, 15) is 13.6 Å². The maximum absolute atomic E-state index is 13.7. The normalized spacial score (nSPS) is 30.6. The third-order valence-corrected chi connectivity index (χ3v) is 4.79. The van der Waals surface area contributed by atoms with Crippen molar-refractivity contribution in [3.8, 4) is 5.75 Å². The first kappa shape index (κ1) is 13.3. The molecular weight excluding hydrogens is 264 g/mol. The predicted molar refractivity (Wildman–Crippen MR) is 70.1 cm³/mol. The fraction of sp³-hybridized carbons (Fsp3) is 0.533. The average Bonchev–Trinajstić information content (AvgIpc) is 2.91. The van der Waals surface area contributed by atoms with Gasteiger partial charge in [0.25, 0.3) is 11.8 Å². The summed E-state index contributed by atoms with van der Waals surface area (Å²) in [6.45, 7) is 2.14. The van der Waals surface area contributed by atoms with Crippen LogP contribution in [0.2, 0.25) is 0 Å². The number of carbonyl (C=O) groups excluding carboxylic acids is 1. The first-order valence-corrected chi connectivity index (χ1v) is 6.71. The molecule has 108 valence electrons. The summed E-state index contributed by atoms with van der Waals surface area (Å²) < 4.78 is 32.5. The monoisotopic (exact) mass is 281 g/mol. The van der Waals surface area contributed by atoms with Crippen LogP contribution in [-0.2, 0) is 0 Å². The molecule has 1 heterocycles. The van der Waals surface area contributed by atoms with Crippen LogP contribution >= 0.6 is 0 Å². The number of amides is 1. The lowest BCUT2D eigenvalue weighted by atomic mass is 9.97. The molecule has 0 bridgehead atoms. The van der Waals surface area contributed by atoms with Crippen LogP contribution in [0.1, 0.15) is 23.7 Å². The summed E-state index contributed by atoms with van der Waals surface area (Å²) in [4.78, 5) is 13.9. The van der Waals surface area contributed by atoms with Gasteiger partial charge in [0.15, 0.2) is 0 Å². The highest BCUT2D eigenvalue weighted by Gasteiger charge is 2.78. The molecule has 3 nitrogen and oxygen atoms in total. The number of hydrogen-bond acceptors (Lipinski definition) is 2. The van der Waals surface area contributed by atoms with Gasteiger partial charge < -0.3 is 9.64 Å². The van der Waals surface area contributed by atoms with E-state index in [1.807, 2.05) is 0 Å². The highest BCUT2D eigenvalue weighted by atomic mass is 19.3. The van der Waals surface area contributed by atoms with Gasteiger partial charge in [-0.15, -0.1) is 0 Å². The minimum atomic E-state index is -2.63. The topological polar surface area (TPSA) is 29.5 Å². The molecule has 0 unspecified atom stereocenters. The standard InChI is InChI=1S/C15H17F2NO2/c1-14-6-7-18(9-12(14)15(14,16)17)13(19)10-4-3-5-11(8-10)20-2/h3-5,8,12H,6-7,9H2,1-2H3/t12-,14+/m1/s1. The summed E-state index contributed by atoms with van der Waals surface area (Å²) in [6.07, 6.45) is 0.361. The van der Waals surface area contributed by atoms with Crippen molar-refractivity contribution in [3.05, 3.63) is 29.8 Å². The zero-order chi connectivity index (χ0) is 14.5. The van der Waals surface area contributed by atoms with Crippen LogP contribution in [0.3, 0.4) is 0 Å². The van der Waals surface area contributed by atoms with Crippen LogP contribution in [0.25, 0.3) is 0 Å². The molecule has 1 aromatic carbocycles. The summed E-state index contributed by atoms with van der Waals surface area (Å²) in [7, 11) is 1.53. The van der Waals surface area contributed by atoms with Crippen molar-refractivity contribution in [2.45, 2.75) is 19.3 Å². The first-order valence-electron chi connectivity index (χ1n) is 6.71. The van der Waals surface area contributed by atoms with E-state index in [0.29, 0.717) is 24.3 Å². The van der Waals surface area contributed by atoms with Gasteiger partial charge in [-0.2, -0.15) is 0 Å². The molecule has 3 rings (SSSR count). The number of alkyl halides is 2. The molecule has 1 saturated heterocycles. The van der Waals surface area contributed by atoms with E-state index in [1.54, 1.807) is 31.2 Å². The van der Waals surface area contributed by atoms with E-state index in [2.05, 4.69) is 0 Å². The van der Waals surface area contributed by atoms with Gasteiger partial charge in [0, 0.05) is 24.1 Å². The SMILES string of the molecule is COc1cccc(C(=O)N2CC[C@@]3(C)[C@@H](C2)C3(F)F)c1. The molecule has 1 amide bonds. The Kier molecular flexibility index (Phi) is 2.78. The minimum Gasteiger partial charge on any atom is -0.497 e. The Balaban J connectivity index is 1.76. The molecule has 1 aromatic rings. The number of rotatable bonds is 2. The summed E-state index contributed by atoms with van der Waals surface area (Å²) in [5.74, 6) is -2.93. The number of halogens is 2. The number of nitrogens with zero attached hydrogens (tertiary/aromatic N) is 1. The molecule has 20 heavy (non-hydrogen) atoms. The van der Waals surface area contributed by atoms with Gasteiger partial charge in [0.05, 0.1) is 13.0 Å². The second-order valence-electron chi connectivity index (χ2n) is 5.83. The van der Waals surface area contributed by atoms with Crippen molar-refractivity contribution in [1.82, 2.24) is 4.90 Å². The zero-order valence-electron chi connectivity index (χ0n) is 11.5. The highest BCUT2D eigenvalue weighted by Crippen LogP contribution is 2.69. The number of carbonyl (C=O) groups is 1. The summed E-state index contributed by atoms with van der Waals surface area (Å²) in [6, 6.07) is 6.80. The molecular formula is C15H17F2NO2. The molecule has 0 N–H and O–H groups in total. The number of benzene rings is 1. The lowest BCUT2D eigenvalue weighted by Gasteiger charge is -2.28. The van der Waals surface area contributed by atoms with Crippen LogP contribution in [0, 0.1) is 11.3 Å². The van der Waals surface area contributed by atoms with E-state index in [4.69, 9.17) is 4.74 Å². The van der Waals surface area contributed by atoms with Gasteiger partial charge in [-0.1, -0.05) is 13.0 Å². The van der Waals surface area contributed by atoms with Gasteiger partial charge in [-0.05, 0) is 24.6 Å². The van der Waals surface area contributed by atoms with Crippen molar-refractivity contribution < 1.29 is 18.3 Å². The fourth-order valence-electron chi connectivity index (χ4n) is 3.13. The Morgan fingerprint density at radius 1 is 1.45 bits per heavy atom. The summed E-state index contributed by atoms with van der Waals surface area (Å²) in [5, 5.41) is 0. The Labute approximate surface area is 116 Å². The molecule has 1 aliphatic heterocycles. The number of methoxy groups -OCH3 is 1. The molecule has 0 radical (unpaired) electrons. The van der Waals surface area contributed by atoms with Crippen LogP contribution < -0.4 is 4.74 Å². The molecule has 0 spiro atoms. The largest absolute Gasteiger partial charge is 0.497 e. The van der Waals surface area contributed by atoms with Crippen LogP contribution in [-0.4, -0.2) is 36.9 Å². The number of ether oxygens (including phenoxy) is 1. The maximum atomic E-state index is 13.7. The van der Waals surface area contributed by atoms with Crippen molar-refractivity contribution in [3.63, 3.8) is 0 Å². The minimum absolute atomic E-state index is 0.138. The van der Waals surface area contributed by atoms with Crippen LogP contribution in [0.5, 0.6) is 5.75 Å². The molecule has 5 heteroatoms. The van der Waals surface area contributed by atoms with E-state index < -0.39 is 17.3 Å². The van der Waals surface area contributed by atoms with Crippen molar-refractivity contribution in [1.29, 1.82) is 0 Å². The van der Waals surface area contributed by atoms with E-state index in [1.165, 1.54) is 12.0 Å². The third-order valence-electron chi connectivity index (χ3n) is 4.79. The first-order chi connectivity index (χ1) is 9.40. The number of hydrogen-bond donors (Lipinski definition) is 0. The van der Waals surface area contributed by atoms with Crippen LogP contribution in [0.15, 0.2) is 24.3 Å². The number of fused-ring (bicyclic) bond motifs is 1. The van der Waals surface area contributed by atoms with Gasteiger partial charge in [-0.25, -0.2) is 8.78 Å². The summed E-state index contributed by atoms with van der Waals surface area (Å²) >= 11 is 0.